The average Bonchev–Trinajstić information content (AvgIpc) is 2.67. The molecule has 0 saturated carbocycles. The van der Waals surface area contributed by atoms with Crippen LogP contribution in [0.25, 0.3) is 0 Å². The monoisotopic (exact) mass is 410 g/mol. The van der Waals surface area contributed by atoms with E-state index >= 15 is 0 Å². The van der Waals surface area contributed by atoms with Crippen LogP contribution in [0.2, 0.25) is 0 Å². The summed E-state index contributed by atoms with van der Waals surface area (Å²) in [5.41, 5.74) is 5.28. The van der Waals surface area contributed by atoms with E-state index in [0.29, 0.717) is 43.7 Å². The van der Waals surface area contributed by atoms with Gasteiger partial charge in [-0.15, -0.1) is 0 Å². The van der Waals surface area contributed by atoms with Gasteiger partial charge >= 0.3 is 0 Å². The lowest BCUT2D eigenvalue weighted by Gasteiger charge is -2.39. The average molecular weight is 411 g/mol. The van der Waals surface area contributed by atoms with Gasteiger partial charge in [0.15, 0.2) is 11.6 Å². The Hall–Kier alpha value is -2.56. The first-order chi connectivity index (χ1) is 13.4. The number of benzene rings is 2. The number of halogens is 2. The van der Waals surface area contributed by atoms with Gasteiger partial charge in [0.25, 0.3) is 0 Å². The molecule has 2 aromatic rings. The van der Waals surface area contributed by atoms with Gasteiger partial charge < -0.3 is 10.6 Å². The van der Waals surface area contributed by atoms with Crippen molar-refractivity contribution in [2.45, 2.75) is 25.9 Å². The molecule has 0 saturated heterocycles. The number of Topliss-reactive ketones (excluding diaryl/α,β-unsaturated/α-hetero) is 2. The number of ketones is 2. The standard InChI is InChI=1S/C22H16Cl2N2O2/c1-9-3-5-13-11(7-9)21(27)15-17(23)20-16(18(24)19(15)25-13)22(28)12-8-10(2)4-6-14(12)26-20/h3-8,19-20,25-26H,1-2H3. The van der Waals surface area contributed by atoms with Crippen molar-refractivity contribution in [1.29, 1.82) is 0 Å². The first-order valence-electron chi connectivity index (χ1n) is 8.99. The van der Waals surface area contributed by atoms with Gasteiger partial charge in [0.05, 0.1) is 22.1 Å². The number of rotatable bonds is 0. The third-order valence-electron chi connectivity index (χ3n) is 5.53. The Balaban J connectivity index is 1.71. The van der Waals surface area contributed by atoms with Gasteiger partial charge in [-0.25, -0.2) is 0 Å². The van der Waals surface area contributed by atoms with E-state index in [1.54, 1.807) is 0 Å². The maximum Gasteiger partial charge on any atom is 0.194 e. The molecule has 0 radical (unpaired) electrons. The van der Waals surface area contributed by atoms with E-state index in [4.69, 9.17) is 23.2 Å². The molecule has 6 heteroatoms. The number of hydrogen-bond donors (Lipinski definition) is 2. The second kappa shape index (κ2) is 5.97. The van der Waals surface area contributed by atoms with Crippen LogP contribution in [0.4, 0.5) is 11.4 Å². The zero-order valence-corrected chi connectivity index (χ0v) is 16.7. The highest BCUT2D eigenvalue weighted by atomic mass is 35.5. The zero-order chi connectivity index (χ0) is 19.7. The van der Waals surface area contributed by atoms with Crippen LogP contribution in [0.15, 0.2) is 57.6 Å². The third-order valence-corrected chi connectivity index (χ3v) is 6.37. The number of fused-ring (bicyclic) bond motifs is 4. The van der Waals surface area contributed by atoms with Crippen molar-refractivity contribution in [1.82, 2.24) is 0 Å². The molecule has 2 N–H and O–H groups in total. The molecule has 140 valence electrons. The largest absolute Gasteiger partial charge is 0.373 e. The smallest absolute Gasteiger partial charge is 0.194 e. The van der Waals surface area contributed by atoms with Crippen LogP contribution >= 0.6 is 23.2 Å². The Morgan fingerprint density at radius 2 is 1.11 bits per heavy atom. The van der Waals surface area contributed by atoms with Crippen molar-refractivity contribution in [3.63, 3.8) is 0 Å². The Morgan fingerprint density at radius 3 is 1.50 bits per heavy atom. The molecule has 0 bridgehead atoms. The maximum atomic E-state index is 13.2. The zero-order valence-electron chi connectivity index (χ0n) is 15.2. The molecular weight excluding hydrogens is 395 g/mol. The molecule has 1 aliphatic carbocycles. The van der Waals surface area contributed by atoms with Crippen LogP contribution in [0.5, 0.6) is 0 Å². The summed E-state index contributed by atoms with van der Waals surface area (Å²) >= 11 is 13.4. The summed E-state index contributed by atoms with van der Waals surface area (Å²) < 4.78 is 0. The summed E-state index contributed by atoms with van der Waals surface area (Å²) in [5.74, 6) is -0.317. The lowest BCUT2D eigenvalue weighted by molar-refractivity contribution is 0.101. The fourth-order valence-corrected chi connectivity index (χ4v) is 4.85. The topological polar surface area (TPSA) is 58.2 Å². The van der Waals surface area contributed by atoms with Gasteiger partial charge in [-0.05, 0) is 38.1 Å². The van der Waals surface area contributed by atoms with Crippen molar-refractivity contribution in [3.8, 4) is 0 Å². The van der Waals surface area contributed by atoms with Crippen LogP contribution in [0.3, 0.4) is 0 Å². The Kier molecular flexibility index (Phi) is 3.74. The molecule has 0 aromatic heterocycles. The first-order valence-corrected chi connectivity index (χ1v) is 9.75. The number of hydrogen-bond acceptors (Lipinski definition) is 4. The first kappa shape index (κ1) is 17.5. The minimum Gasteiger partial charge on any atom is -0.373 e. The van der Waals surface area contributed by atoms with Gasteiger partial charge in [-0.2, -0.15) is 0 Å². The molecule has 2 heterocycles. The normalized spacial score (nSPS) is 22.7. The summed E-state index contributed by atoms with van der Waals surface area (Å²) in [6, 6.07) is 9.98. The SMILES string of the molecule is Cc1ccc2c(c1)C(=O)C1=C(Cl)C3Nc4ccc(C)cc4C(=O)C3=C(Cl)C1N2. The second-order valence-corrected chi connectivity index (χ2v) is 8.25. The Bertz CT molecular complexity index is 1070. The van der Waals surface area contributed by atoms with Crippen LogP contribution < -0.4 is 10.6 Å². The predicted molar refractivity (Wildman–Crippen MR) is 112 cm³/mol. The molecule has 2 aromatic carbocycles. The molecule has 5 rings (SSSR count). The fraction of sp³-hybridized carbons (Fsp3) is 0.182. The van der Waals surface area contributed by atoms with E-state index in [0.717, 1.165) is 11.1 Å². The van der Waals surface area contributed by atoms with Crippen LogP contribution in [-0.2, 0) is 0 Å². The summed E-state index contributed by atoms with van der Waals surface area (Å²) in [4.78, 5) is 26.5. The van der Waals surface area contributed by atoms with E-state index < -0.39 is 12.1 Å². The minimum absolute atomic E-state index is 0.159. The molecule has 2 atom stereocenters. The molecular formula is C22H16Cl2N2O2. The number of anilines is 2. The van der Waals surface area contributed by atoms with Crippen LogP contribution in [0.1, 0.15) is 31.8 Å². The molecule has 2 unspecified atom stereocenters. The van der Waals surface area contributed by atoms with Crippen molar-refractivity contribution < 1.29 is 9.59 Å². The summed E-state index contributed by atoms with van der Waals surface area (Å²) in [7, 11) is 0. The third kappa shape index (κ3) is 2.31. The van der Waals surface area contributed by atoms with Crippen LogP contribution in [0, 0.1) is 13.8 Å². The van der Waals surface area contributed by atoms with Crippen molar-refractivity contribution in [2.24, 2.45) is 0 Å². The highest BCUT2D eigenvalue weighted by Crippen LogP contribution is 2.46. The van der Waals surface area contributed by atoms with Crippen molar-refractivity contribution in [3.05, 3.63) is 79.9 Å². The van der Waals surface area contributed by atoms with E-state index in [1.165, 1.54) is 0 Å². The van der Waals surface area contributed by atoms with E-state index in [1.807, 2.05) is 50.2 Å². The van der Waals surface area contributed by atoms with Gasteiger partial charge in [-0.3, -0.25) is 9.59 Å². The number of carbonyl (C=O) groups is 2. The maximum absolute atomic E-state index is 13.2. The molecule has 0 spiro atoms. The predicted octanol–water partition coefficient (Wildman–Crippen LogP) is 4.96. The van der Waals surface area contributed by atoms with Crippen molar-refractivity contribution in [2.75, 3.05) is 10.6 Å². The molecule has 28 heavy (non-hydrogen) atoms. The van der Waals surface area contributed by atoms with E-state index in [-0.39, 0.29) is 11.6 Å². The highest BCUT2D eigenvalue weighted by Gasteiger charge is 2.45. The van der Waals surface area contributed by atoms with Gasteiger partial charge in [0, 0.05) is 33.6 Å². The van der Waals surface area contributed by atoms with Gasteiger partial charge in [0.2, 0.25) is 0 Å². The Labute approximate surface area is 172 Å². The minimum atomic E-state index is -0.625. The highest BCUT2D eigenvalue weighted by molar-refractivity contribution is 6.41. The van der Waals surface area contributed by atoms with Crippen LogP contribution in [-0.4, -0.2) is 23.7 Å². The lowest BCUT2D eigenvalue weighted by atomic mass is 9.79. The quantitative estimate of drug-likeness (QED) is 0.644. The van der Waals surface area contributed by atoms with E-state index in [9.17, 15) is 9.59 Å². The number of carbonyl (C=O) groups excluding carboxylic acids is 2. The summed E-state index contributed by atoms with van der Waals surface area (Å²) in [5, 5.41) is 7.21. The van der Waals surface area contributed by atoms with Gasteiger partial charge in [0.1, 0.15) is 0 Å². The molecule has 4 nitrogen and oxygen atoms in total. The van der Waals surface area contributed by atoms with E-state index in [2.05, 4.69) is 10.6 Å². The molecule has 3 aliphatic rings. The molecule has 0 fully saturated rings. The lowest BCUT2D eigenvalue weighted by Crippen LogP contribution is -2.44. The number of aryl methyl sites for hydroxylation is 2. The van der Waals surface area contributed by atoms with Gasteiger partial charge in [-0.1, -0.05) is 46.5 Å². The summed E-state index contributed by atoms with van der Waals surface area (Å²) in [6.07, 6.45) is 0. The Morgan fingerprint density at radius 1 is 0.714 bits per heavy atom. The molecule has 2 aliphatic heterocycles. The number of nitrogens with one attached hydrogen (secondary N) is 2. The van der Waals surface area contributed by atoms with Crippen molar-refractivity contribution >= 4 is 46.1 Å². The summed E-state index contributed by atoms with van der Waals surface area (Å²) in [6.45, 7) is 3.86. The second-order valence-electron chi connectivity index (χ2n) is 7.43. The fourth-order valence-electron chi connectivity index (χ4n) is 4.14. The molecule has 0 amide bonds.